The SMILES string of the molecule is CCN1C(=O)N(C)c2cnc(Nc3ccc(C(=O)NC4CCNCC4)cc3OC)nc2N1C1CCCC1. The van der Waals surface area contributed by atoms with Gasteiger partial charge in [0.15, 0.2) is 5.82 Å². The number of anilines is 4. The molecule has 1 saturated carbocycles. The normalized spacial score (nSPS) is 18.7. The Morgan fingerprint density at radius 3 is 2.65 bits per heavy atom. The molecule has 198 valence electrons. The number of hydrogen-bond acceptors (Lipinski definition) is 8. The zero-order valence-electron chi connectivity index (χ0n) is 21.8. The van der Waals surface area contributed by atoms with E-state index in [1.165, 1.54) is 0 Å². The second-order valence-corrected chi connectivity index (χ2v) is 9.78. The van der Waals surface area contributed by atoms with Crippen LogP contribution in [0.15, 0.2) is 24.4 Å². The fourth-order valence-corrected chi connectivity index (χ4v) is 5.41. The van der Waals surface area contributed by atoms with Crippen LogP contribution in [-0.4, -0.2) is 72.8 Å². The molecule has 1 saturated heterocycles. The Labute approximate surface area is 217 Å². The zero-order chi connectivity index (χ0) is 25.9. The van der Waals surface area contributed by atoms with Crippen molar-refractivity contribution in [2.24, 2.45) is 0 Å². The molecule has 3 heterocycles. The van der Waals surface area contributed by atoms with Crippen molar-refractivity contribution in [3.8, 4) is 5.75 Å². The summed E-state index contributed by atoms with van der Waals surface area (Å²) >= 11 is 0. The lowest BCUT2D eigenvalue weighted by atomic mass is 10.1. The maximum absolute atomic E-state index is 13.0. The lowest BCUT2D eigenvalue weighted by Gasteiger charge is -2.45. The molecule has 1 aromatic carbocycles. The summed E-state index contributed by atoms with van der Waals surface area (Å²) in [4.78, 5) is 36.8. The van der Waals surface area contributed by atoms with Crippen molar-refractivity contribution in [2.45, 2.75) is 57.5 Å². The third-order valence-corrected chi connectivity index (χ3v) is 7.45. The molecular formula is C26H36N8O3. The van der Waals surface area contributed by atoms with Gasteiger partial charge in [0, 0.05) is 25.2 Å². The number of nitrogens with one attached hydrogen (secondary N) is 3. The van der Waals surface area contributed by atoms with E-state index >= 15 is 0 Å². The summed E-state index contributed by atoms with van der Waals surface area (Å²) in [5.74, 6) is 1.52. The van der Waals surface area contributed by atoms with Gasteiger partial charge in [-0.25, -0.2) is 14.8 Å². The molecule has 2 aromatic rings. The van der Waals surface area contributed by atoms with E-state index in [0.717, 1.165) is 51.6 Å². The van der Waals surface area contributed by atoms with E-state index in [2.05, 4.69) is 25.9 Å². The third-order valence-electron chi connectivity index (χ3n) is 7.45. The van der Waals surface area contributed by atoms with E-state index in [1.807, 2.05) is 13.0 Å². The third kappa shape index (κ3) is 5.00. The predicted octanol–water partition coefficient (Wildman–Crippen LogP) is 3.27. The lowest BCUT2D eigenvalue weighted by Crippen LogP contribution is -2.59. The van der Waals surface area contributed by atoms with Gasteiger partial charge in [0.25, 0.3) is 5.91 Å². The molecular weight excluding hydrogens is 472 g/mol. The van der Waals surface area contributed by atoms with Crippen molar-refractivity contribution >= 4 is 35.1 Å². The van der Waals surface area contributed by atoms with Crippen LogP contribution in [0.4, 0.5) is 27.9 Å². The molecule has 2 fully saturated rings. The maximum Gasteiger partial charge on any atom is 0.343 e. The number of methoxy groups -OCH3 is 1. The molecule has 3 aliphatic rings. The number of aromatic nitrogens is 2. The van der Waals surface area contributed by atoms with E-state index < -0.39 is 0 Å². The van der Waals surface area contributed by atoms with Gasteiger partial charge in [-0.1, -0.05) is 12.8 Å². The Kier molecular flexibility index (Phi) is 7.31. The van der Waals surface area contributed by atoms with Gasteiger partial charge in [-0.2, -0.15) is 4.98 Å². The minimum atomic E-state index is -0.110. The zero-order valence-corrected chi connectivity index (χ0v) is 21.8. The number of benzene rings is 1. The van der Waals surface area contributed by atoms with Gasteiger partial charge in [-0.05, 0) is 63.9 Å². The second kappa shape index (κ2) is 10.8. The highest BCUT2D eigenvalue weighted by atomic mass is 16.5. The van der Waals surface area contributed by atoms with E-state index in [0.29, 0.717) is 41.0 Å². The van der Waals surface area contributed by atoms with Crippen molar-refractivity contribution in [3.05, 3.63) is 30.0 Å². The van der Waals surface area contributed by atoms with Crippen molar-refractivity contribution < 1.29 is 14.3 Å². The first-order valence-corrected chi connectivity index (χ1v) is 13.2. The van der Waals surface area contributed by atoms with Gasteiger partial charge >= 0.3 is 6.03 Å². The number of ether oxygens (including phenoxy) is 1. The summed E-state index contributed by atoms with van der Waals surface area (Å²) in [5.41, 5.74) is 1.88. The van der Waals surface area contributed by atoms with Gasteiger partial charge < -0.3 is 20.7 Å². The quantitative estimate of drug-likeness (QED) is 0.522. The Hall–Kier alpha value is -3.60. The smallest absolute Gasteiger partial charge is 0.343 e. The summed E-state index contributed by atoms with van der Waals surface area (Å²) in [6.45, 7) is 4.36. The molecule has 0 spiro atoms. The highest BCUT2D eigenvalue weighted by Crippen LogP contribution is 2.39. The van der Waals surface area contributed by atoms with Crippen molar-refractivity contribution in [3.63, 3.8) is 0 Å². The molecule has 11 heteroatoms. The minimum absolute atomic E-state index is 0.0776. The molecule has 1 aliphatic carbocycles. The van der Waals surface area contributed by atoms with Gasteiger partial charge in [-0.15, -0.1) is 0 Å². The van der Waals surface area contributed by atoms with Crippen LogP contribution in [0.1, 0.15) is 55.8 Å². The van der Waals surface area contributed by atoms with Crippen LogP contribution in [0.2, 0.25) is 0 Å². The fraction of sp³-hybridized carbons (Fsp3) is 0.538. The molecule has 0 radical (unpaired) electrons. The lowest BCUT2D eigenvalue weighted by molar-refractivity contribution is 0.0929. The van der Waals surface area contributed by atoms with Crippen LogP contribution in [-0.2, 0) is 0 Å². The van der Waals surface area contributed by atoms with Crippen LogP contribution in [0.25, 0.3) is 0 Å². The van der Waals surface area contributed by atoms with E-state index in [9.17, 15) is 9.59 Å². The molecule has 3 N–H and O–H groups in total. The van der Waals surface area contributed by atoms with Crippen LogP contribution in [0.3, 0.4) is 0 Å². The average molecular weight is 509 g/mol. The first-order valence-electron chi connectivity index (χ1n) is 13.2. The van der Waals surface area contributed by atoms with Gasteiger partial charge in [0.2, 0.25) is 5.95 Å². The van der Waals surface area contributed by atoms with Crippen LogP contribution in [0, 0.1) is 0 Å². The van der Waals surface area contributed by atoms with Crippen LogP contribution >= 0.6 is 0 Å². The number of nitrogens with zero attached hydrogens (tertiary/aromatic N) is 5. The molecule has 37 heavy (non-hydrogen) atoms. The molecule has 11 nitrogen and oxygen atoms in total. The van der Waals surface area contributed by atoms with Gasteiger partial charge in [0.1, 0.15) is 11.4 Å². The highest BCUT2D eigenvalue weighted by Gasteiger charge is 2.39. The van der Waals surface area contributed by atoms with E-state index in [-0.39, 0.29) is 24.0 Å². The minimum Gasteiger partial charge on any atom is -0.495 e. The molecule has 0 unspecified atom stereocenters. The van der Waals surface area contributed by atoms with E-state index in [4.69, 9.17) is 9.72 Å². The van der Waals surface area contributed by atoms with Gasteiger partial charge in [-0.3, -0.25) is 14.7 Å². The topological polar surface area (TPSA) is 115 Å². The summed E-state index contributed by atoms with van der Waals surface area (Å²) in [5, 5.41) is 13.5. The van der Waals surface area contributed by atoms with Crippen molar-refractivity contribution in [1.82, 2.24) is 25.6 Å². The summed E-state index contributed by atoms with van der Waals surface area (Å²) in [6.07, 6.45) is 7.86. The van der Waals surface area contributed by atoms with Gasteiger partial charge in [0.05, 0.1) is 25.0 Å². The summed E-state index contributed by atoms with van der Waals surface area (Å²) < 4.78 is 5.60. The van der Waals surface area contributed by atoms with Crippen LogP contribution in [0.5, 0.6) is 5.75 Å². The highest BCUT2D eigenvalue weighted by molar-refractivity contribution is 5.99. The largest absolute Gasteiger partial charge is 0.495 e. The molecule has 1 aromatic heterocycles. The number of carbonyl (C=O) groups excluding carboxylic acids is 2. The van der Waals surface area contributed by atoms with E-state index in [1.54, 1.807) is 42.4 Å². The number of carbonyl (C=O) groups is 2. The first kappa shape index (κ1) is 25.1. The Morgan fingerprint density at radius 1 is 1.19 bits per heavy atom. The number of piperidine rings is 1. The molecule has 0 atom stereocenters. The van der Waals surface area contributed by atoms with Crippen molar-refractivity contribution in [2.75, 3.05) is 49.0 Å². The molecule has 2 aliphatic heterocycles. The number of hydrogen-bond donors (Lipinski definition) is 3. The Morgan fingerprint density at radius 2 is 1.95 bits per heavy atom. The number of fused-ring (bicyclic) bond motifs is 1. The standard InChI is InChI=1S/C26H36N8O3/c1-4-33-26(36)32(2)21-16-28-25(31-23(21)34(33)19-7-5-6-8-19)30-20-10-9-17(15-22(20)37-3)24(35)29-18-11-13-27-14-12-18/h9-10,15-16,18-19,27H,4-8,11-14H2,1-3H3,(H,29,35)(H,28,30,31). The van der Waals surface area contributed by atoms with Crippen LogP contribution < -0.4 is 30.6 Å². The maximum atomic E-state index is 13.0. The number of rotatable bonds is 7. The number of amides is 3. The molecule has 5 rings (SSSR count). The molecule has 0 bridgehead atoms. The average Bonchev–Trinajstić information content (AvgIpc) is 3.46. The Balaban J connectivity index is 1.40. The number of urea groups is 1. The predicted molar refractivity (Wildman–Crippen MR) is 143 cm³/mol. The second-order valence-electron chi connectivity index (χ2n) is 9.78. The summed E-state index contributed by atoms with van der Waals surface area (Å²) in [6, 6.07) is 5.64. The number of hydrazine groups is 1. The first-order chi connectivity index (χ1) is 18.0. The Bertz CT molecular complexity index is 1150. The summed E-state index contributed by atoms with van der Waals surface area (Å²) in [7, 11) is 3.33. The van der Waals surface area contributed by atoms with Crippen molar-refractivity contribution in [1.29, 1.82) is 0 Å². The molecule has 3 amide bonds. The fourth-order valence-electron chi connectivity index (χ4n) is 5.41. The monoisotopic (exact) mass is 508 g/mol.